The molecule has 2 aromatic rings. The quantitative estimate of drug-likeness (QED) is 0.821. The smallest absolute Gasteiger partial charge is 0.322 e. The molecule has 17 heavy (non-hydrogen) atoms. The molecule has 0 saturated carbocycles. The minimum Gasteiger partial charge on any atom is -0.460 e. The normalized spacial score (nSPS) is 12.4. The largest absolute Gasteiger partial charge is 0.460 e. The van der Waals surface area contributed by atoms with Crippen LogP contribution in [0.2, 0.25) is 0 Å². The van der Waals surface area contributed by atoms with E-state index in [2.05, 4.69) is 0 Å². The van der Waals surface area contributed by atoms with Gasteiger partial charge in [0.25, 0.3) is 0 Å². The van der Waals surface area contributed by atoms with E-state index in [0.717, 1.165) is 16.3 Å². The van der Waals surface area contributed by atoms with Crippen molar-refractivity contribution in [1.82, 2.24) is 0 Å². The number of hydrogen-bond acceptors (Lipinski definition) is 3. The molecule has 1 atom stereocenters. The third kappa shape index (κ3) is 2.63. The van der Waals surface area contributed by atoms with Crippen LogP contribution in [0, 0.1) is 0 Å². The molecule has 2 rings (SSSR count). The van der Waals surface area contributed by atoms with E-state index in [9.17, 15) is 4.79 Å². The maximum atomic E-state index is 11.3. The molecule has 0 fully saturated rings. The van der Waals surface area contributed by atoms with E-state index in [1.807, 2.05) is 42.5 Å². The van der Waals surface area contributed by atoms with Gasteiger partial charge >= 0.3 is 5.97 Å². The van der Waals surface area contributed by atoms with Crippen LogP contribution >= 0.6 is 0 Å². The first-order valence-corrected chi connectivity index (χ1v) is 5.57. The molecule has 3 heteroatoms. The standard InChI is InChI=1S/C14H15NO2/c1-10(15)14(16)17-9-12-7-4-6-11-5-2-3-8-13(11)12/h2-8,10H,9,15H2,1H3/t10-/m0/s1. The van der Waals surface area contributed by atoms with Crippen LogP contribution in [-0.2, 0) is 16.1 Å². The van der Waals surface area contributed by atoms with E-state index in [-0.39, 0.29) is 12.6 Å². The van der Waals surface area contributed by atoms with Gasteiger partial charge in [0.2, 0.25) is 0 Å². The number of rotatable bonds is 3. The third-order valence-electron chi connectivity index (χ3n) is 2.62. The zero-order valence-corrected chi connectivity index (χ0v) is 9.72. The van der Waals surface area contributed by atoms with Crippen molar-refractivity contribution >= 4 is 16.7 Å². The Kier molecular flexibility index (Phi) is 3.40. The van der Waals surface area contributed by atoms with Gasteiger partial charge in [-0.15, -0.1) is 0 Å². The predicted molar refractivity (Wildman–Crippen MR) is 67.4 cm³/mol. The second kappa shape index (κ2) is 4.97. The van der Waals surface area contributed by atoms with Crippen LogP contribution in [0.15, 0.2) is 42.5 Å². The van der Waals surface area contributed by atoms with Crippen molar-refractivity contribution in [1.29, 1.82) is 0 Å². The van der Waals surface area contributed by atoms with E-state index in [4.69, 9.17) is 10.5 Å². The summed E-state index contributed by atoms with van der Waals surface area (Å²) in [6.07, 6.45) is 0. The minimum absolute atomic E-state index is 0.266. The first-order valence-electron chi connectivity index (χ1n) is 5.57. The first kappa shape index (κ1) is 11.6. The lowest BCUT2D eigenvalue weighted by Gasteiger charge is -2.09. The van der Waals surface area contributed by atoms with E-state index in [0.29, 0.717) is 0 Å². The van der Waals surface area contributed by atoms with E-state index < -0.39 is 6.04 Å². The van der Waals surface area contributed by atoms with Crippen molar-refractivity contribution in [2.24, 2.45) is 5.73 Å². The number of benzene rings is 2. The molecule has 0 radical (unpaired) electrons. The van der Waals surface area contributed by atoms with Crippen molar-refractivity contribution in [3.63, 3.8) is 0 Å². The van der Waals surface area contributed by atoms with Crippen LogP contribution in [0.4, 0.5) is 0 Å². The molecule has 0 aromatic heterocycles. The van der Waals surface area contributed by atoms with Crippen molar-refractivity contribution in [3.8, 4) is 0 Å². The summed E-state index contributed by atoms with van der Waals surface area (Å²) >= 11 is 0. The van der Waals surface area contributed by atoms with Gasteiger partial charge in [0.15, 0.2) is 0 Å². The molecule has 0 amide bonds. The molecule has 0 unspecified atom stereocenters. The summed E-state index contributed by atoms with van der Waals surface area (Å²) in [6, 6.07) is 13.4. The number of carbonyl (C=O) groups excluding carboxylic acids is 1. The number of esters is 1. The van der Waals surface area contributed by atoms with Gasteiger partial charge in [-0.3, -0.25) is 4.79 Å². The predicted octanol–water partition coefficient (Wildman–Crippen LogP) is 2.23. The first-order chi connectivity index (χ1) is 8.18. The van der Waals surface area contributed by atoms with Gasteiger partial charge in [-0.05, 0) is 23.3 Å². The highest BCUT2D eigenvalue weighted by molar-refractivity contribution is 5.85. The molecule has 0 aliphatic carbocycles. The summed E-state index contributed by atoms with van der Waals surface area (Å²) in [5, 5.41) is 2.24. The monoisotopic (exact) mass is 229 g/mol. The summed E-state index contributed by atoms with van der Waals surface area (Å²) in [5.74, 6) is -0.377. The highest BCUT2D eigenvalue weighted by Crippen LogP contribution is 2.19. The second-order valence-electron chi connectivity index (χ2n) is 4.03. The van der Waals surface area contributed by atoms with Gasteiger partial charge in [-0.1, -0.05) is 42.5 Å². The Hall–Kier alpha value is -1.87. The van der Waals surface area contributed by atoms with Gasteiger partial charge < -0.3 is 10.5 Å². The van der Waals surface area contributed by atoms with Crippen molar-refractivity contribution in [3.05, 3.63) is 48.0 Å². The Morgan fingerprint density at radius 1 is 1.24 bits per heavy atom. The van der Waals surface area contributed by atoms with Crippen LogP contribution in [0.5, 0.6) is 0 Å². The molecular formula is C14H15NO2. The third-order valence-corrected chi connectivity index (χ3v) is 2.62. The van der Waals surface area contributed by atoms with E-state index >= 15 is 0 Å². The van der Waals surface area contributed by atoms with E-state index in [1.54, 1.807) is 6.92 Å². The lowest BCUT2D eigenvalue weighted by atomic mass is 10.1. The summed E-state index contributed by atoms with van der Waals surface area (Å²) in [7, 11) is 0. The fraction of sp³-hybridized carbons (Fsp3) is 0.214. The molecular weight excluding hydrogens is 214 g/mol. The van der Waals surface area contributed by atoms with Gasteiger partial charge in [0, 0.05) is 0 Å². The van der Waals surface area contributed by atoms with Crippen molar-refractivity contribution in [2.75, 3.05) is 0 Å². The van der Waals surface area contributed by atoms with Crippen molar-refractivity contribution in [2.45, 2.75) is 19.6 Å². The van der Waals surface area contributed by atoms with Crippen LogP contribution in [0.1, 0.15) is 12.5 Å². The lowest BCUT2D eigenvalue weighted by molar-refractivity contribution is -0.146. The van der Waals surface area contributed by atoms with Gasteiger partial charge in [-0.25, -0.2) is 0 Å². The van der Waals surface area contributed by atoms with E-state index in [1.165, 1.54) is 0 Å². The number of hydrogen-bond donors (Lipinski definition) is 1. The summed E-state index contributed by atoms with van der Waals surface area (Å²) < 4.78 is 5.13. The van der Waals surface area contributed by atoms with Gasteiger partial charge in [-0.2, -0.15) is 0 Å². The highest BCUT2D eigenvalue weighted by Gasteiger charge is 2.09. The molecule has 0 heterocycles. The van der Waals surface area contributed by atoms with Gasteiger partial charge in [0.05, 0.1) is 0 Å². The summed E-state index contributed by atoms with van der Waals surface area (Å²) in [6.45, 7) is 1.88. The topological polar surface area (TPSA) is 52.3 Å². The zero-order chi connectivity index (χ0) is 12.3. The number of fused-ring (bicyclic) bond motifs is 1. The molecule has 0 aliphatic heterocycles. The number of carbonyl (C=O) groups is 1. The van der Waals surface area contributed by atoms with Crippen LogP contribution in [-0.4, -0.2) is 12.0 Å². The summed E-state index contributed by atoms with van der Waals surface area (Å²) in [4.78, 5) is 11.3. The zero-order valence-electron chi connectivity index (χ0n) is 9.72. The van der Waals surface area contributed by atoms with Crippen LogP contribution in [0.25, 0.3) is 10.8 Å². The number of ether oxygens (including phenoxy) is 1. The molecule has 88 valence electrons. The average molecular weight is 229 g/mol. The maximum Gasteiger partial charge on any atom is 0.322 e. The van der Waals surface area contributed by atoms with Crippen LogP contribution in [0.3, 0.4) is 0 Å². The Bertz CT molecular complexity index is 529. The molecule has 0 bridgehead atoms. The average Bonchev–Trinajstić information content (AvgIpc) is 2.35. The molecule has 0 saturated heterocycles. The van der Waals surface area contributed by atoms with Gasteiger partial charge in [0.1, 0.15) is 12.6 Å². The maximum absolute atomic E-state index is 11.3. The Morgan fingerprint density at radius 2 is 1.94 bits per heavy atom. The molecule has 0 spiro atoms. The van der Waals surface area contributed by atoms with Crippen LogP contribution < -0.4 is 5.73 Å². The Morgan fingerprint density at radius 3 is 2.71 bits per heavy atom. The molecule has 2 N–H and O–H groups in total. The fourth-order valence-corrected chi connectivity index (χ4v) is 1.70. The lowest BCUT2D eigenvalue weighted by Crippen LogP contribution is -2.28. The Labute approximate surface area is 100 Å². The highest BCUT2D eigenvalue weighted by atomic mass is 16.5. The fourth-order valence-electron chi connectivity index (χ4n) is 1.70. The molecule has 3 nitrogen and oxygen atoms in total. The molecule has 2 aromatic carbocycles. The Balaban J connectivity index is 2.21. The van der Waals surface area contributed by atoms with Crippen molar-refractivity contribution < 1.29 is 9.53 Å². The number of nitrogens with two attached hydrogens (primary N) is 1. The minimum atomic E-state index is -0.579. The second-order valence-corrected chi connectivity index (χ2v) is 4.03. The summed E-state index contributed by atoms with van der Waals surface area (Å²) in [5.41, 5.74) is 6.44. The SMILES string of the molecule is C[C@H](N)C(=O)OCc1cccc2ccccc12. The molecule has 0 aliphatic rings.